The standard InChI is InChI=1S/C21H20N2O3/c1-3-13-22(20(25)17-12-8-7-9-15(17)2)18-14-19(24)23(21(18)26)16-10-5-4-6-11-16/h3-12,18H,1,13-14H2,2H3. The maximum atomic E-state index is 13.0. The lowest BCUT2D eigenvalue weighted by atomic mass is 10.1. The van der Waals surface area contributed by atoms with Crippen molar-refractivity contribution in [2.75, 3.05) is 11.4 Å². The smallest absolute Gasteiger partial charge is 0.257 e. The normalized spacial score (nSPS) is 16.7. The average molecular weight is 348 g/mol. The van der Waals surface area contributed by atoms with Crippen LogP contribution in [-0.4, -0.2) is 35.2 Å². The van der Waals surface area contributed by atoms with Crippen molar-refractivity contribution < 1.29 is 14.4 Å². The van der Waals surface area contributed by atoms with Gasteiger partial charge in [0.05, 0.1) is 12.1 Å². The zero-order valence-electron chi connectivity index (χ0n) is 14.6. The quantitative estimate of drug-likeness (QED) is 0.617. The fraction of sp³-hybridized carbons (Fsp3) is 0.190. The van der Waals surface area contributed by atoms with Crippen LogP contribution < -0.4 is 4.90 Å². The largest absolute Gasteiger partial charge is 0.322 e. The Morgan fingerprint density at radius 3 is 2.46 bits per heavy atom. The number of imide groups is 1. The Morgan fingerprint density at radius 1 is 1.15 bits per heavy atom. The second-order valence-electron chi connectivity index (χ2n) is 6.18. The molecule has 0 aromatic heterocycles. The Balaban J connectivity index is 1.93. The van der Waals surface area contributed by atoms with Crippen molar-refractivity contribution in [3.63, 3.8) is 0 Å². The van der Waals surface area contributed by atoms with E-state index in [1.54, 1.807) is 42.5 Å². The van der Waals surface area contributed by atoms with Crippen LogP contribution in [0.25, 0.3) is 0 Å². The summed E-state index contributed by atoms with van der Waals surface area (Å²) in [5, 5.41) is 0. The van der Waals surface area contributed by atoms with E-state index in [4.69, 9.17) is 0 Å². The molecule has 2 aromatic carbocycles. The second kappa shape index (κ2) is 7.35. The molecule has 1 fully saturated rings. The van der Waals surface area contributed by atoms with Crippen LogP contribution in [0, 0.1) is 6.92 Å². The summed E-state index contributed by atoms with van der Waals surface area (Å²) >= 11 is 0. The molecule has 1 saturated heterocycles. The molecule has 0 spiro atoms. The van der Waals surface area contributed by atoms with E-state index in [1.807, 2.05) is 25.1 Å². The van der Waals surface area contributed by atoms with Crippen LogP contribution in [-0.2, 0) is 9.59 Å². The maximum Gasteiger partial charge on any atom is 0.257 e. The molecule has 0 radical (unpaired) electrons. The van der Waals surface area contributed by atoms with Gasteiger partial charge >= 0.3 is 0 Å². The number of para-hydroxylation sites is 1. The Bertz CT molecular complexity index is 861. The topological polar surface area (TPSA) is 57.7 Å². The van der Waals surface area contributed by atoms with E-state index in [2.05, 4.69) is 6.58 Å². The minimum Gasteiger partial charge on any atom is -0.322 e. The first-order valence-corrected chi connectivity index (χ1v) is 8.44. The molecular weight excluding hydrogens is 328 g/mol. The summed E-state index contributed by atoms with van der Waals surface area (Å²) in [6.07, 6.45) is 1.54. The number of rotatable bonds is 5. The molecule has 0 bridgehead atoms. The van der Waals surface area contributed by atoms with Gasteiger partial charge in [-0.3, -0.25) is 14.4 Å². The van der Waals surface area contributed by atoms with E-state index >= 15 is 0 Å². The van der Waals surface area contributed by atoms with Gasteiger partial charge in [-0.1, -0.05) is 42.5 Å². The van der Waals surface area contributed by atoms with Crippen molar-refractivity contribution in [3.8, 4) is 0 Å². The minimum atomic E-state index is -0.826. The van der Waals surface area contributed by atoms with Crippen LogP contribution in [0.3, 0.4) is 0 Å². The van der Waals surface area contributed by atoms with Gasteiger partial charge in [0.2, 0.25) is 5.91 Å². The van der Waals surface area contributed by atoms with E-state index in [-0.39, 0.29) is 30.7 Å². The second-order valence-corrected chi connectivity index (χ2v) is 6.18. The van der Waals surface area contributed by atoms with Crippen LogP contribution in [0.5, 0.6) is 0 Å². The highest BCUT2D eigenvalue weighted by Crippen LogP contribution is 2.26. The molecule has 0 N–H and O–H groups in total. The SMILES string of the molecule is C=CCN(C(=O)c1ccccc1C)C1CC(=O)N(c2ccccc2)C1=O. The third-order valence-corrected chi connectivity index (χ3v) is 4.48. The zero-order chi connectivity index (χ0) is 18.7. The van der Waals surface area contributed by atoms with E-state index in [0.29, 0.717) is 11.3 Å². The van der Waals surface area contributed by atoms with Crippen molar-refractivity contribution in [2.24, 2.45) is 0 Å². The zero-order valence-corrected chi connectivity index (χ0v) is 14.6. The number of carbonyl (C=O) groups excluding carboxylic acids is 3. The van der Waals surface area contributed by atoms with Crippen molar-refractivity contribution in [1.29, 1.82) is 0 Å². The third kappa shape index (κ3) is 3.16. The summed E-state index contributed by atoms with van der Waals surface area (Å²) in [7, 11) is 0. The molecule has 3 amide bonds. The Hall–Kier alpha value is -3.21. The van der Waals surface area contributed by atoms with Crippen molar-refractivity contribution in [2.45, 2.75) is 19.4 Å². The number of aryl methyl sites for hydroxylation is 1. The summed E-state index contributed by atoms with van der Waals surface area (Å²) < 4.78 is 0. The molecular formula is C21H20N2O3. The molecule has 5 nitrogen and oxygen atoms in total. The fourth-order valence-corrected chi connectivity index (χ4v) is 3.17. The van der Waals surface area contributed by atoms with Crippen LogP contribution in [0.4, 0.5) is 5.69 Å². The van der Waals surface area contributed by atoms with Crippen molar-refractivity contribution in [1.82, 2.24) is 4.90 Å². The van der Waals surface area contributed by atoms with Gasteiger partial charge in [0.1, 0.15) is 6.04 Å². The molecule has 3 rings (SSSR count). The third-order valence-electron chi connectivity index (χ3n) is 4.48. The summed E-state index contributed by atoms with van der Waals surface area (Å²) in [5.74, 6) is -0.966. The lowest BCUT2D eigenvalue weighted by Crippen LogP contribution is -2.45. The summed E-state index contributed by atoms with van der Waals surface area (Å²) in [4.78, 5) is 41.0. The summed E-state index contributed by atoms with van der Waals surface area (Å²) in [6, 6.07) is 15.1. The Morgan fingerprint density at radius 2 is 1.81 bits per heavy atom. The van der Waals surface area contributed by atoms with Crippen LogP contribution in [0.15, 0.2) is 67.3 Å². The highest BCUT2D eigenvalue weighted by atomic mass is 16.2. The van der Waals surface area contributed by atoms with Crippen LogP contribution >= 0.6 is 0 Å². The first-order chi connectivity index (χ1) is 12.5. The molecule has 132 valence electrons. The maximum absolute atomic E-state index is 13.0. The molecule has 1 aliphatic heterocycles. The van der Waals surface area contributed by atoms with Crippen molar-refractivity contribution in [3.05, 3.63) is 78.4 Å². The van der Waals surface area contributed by atoms with E-state index in [0.717, 1.165) is 10.5 Å². The number of hydrogen-bond acceptors (Lipinski definition) is 3. The first kappa shape index (κ1) is 17.6. The number of nitrogens with zero attached hydrogens (tertiary/aromatic N) is 2. The number of anilines is 1. The molecule has 1 atom stereocenters. The monoisotopic (exact) mass is 348 g/mol. The summed E-state index contributed by atoms with van der Waals surface area (Å²) in [6.45, 7) is 5.73. The van der Waals surface area contributed by atoms with Gasteiger partial charge in [0.25, 0.3) is 11.8 Å². The van der Waals surface area contributed by atoms with Gasteiger partial charge in [-0.05, 0) is 30.7 Å². The van der Waals surface area contributed by atoms with E-state index in [9.17, 15) is 14.4 Å². The molecule has 0 saturated carbocycles. The Kier molecular flexibility index (Phi) is 4.98. The molecule has 26 heavy (non-hydrogen) atoms. The number of amides is 3. The van der Waals surface area contributed by atoms with Gasteiger partial charge in [-0.15, -0.1) is 6.58 Å². The molecule has 1 unspecified atom stereocenters. The van der Waals surface area contributed by atoms with E-state index < -0.39 is 6.04 Å². The highest BCUT2D eigenvalue weighted by molar-refractivity contribution is 6.23. The number of benzene rings is 2. The van der Waals surface area contributed by atoms with Gasteiger partial charge in [-0.2, -0.15) is 0 Å². The van der Waals surface area contributed by atoms with Gasteiger partial charge in [0, 0.05) is 12.1 Å². The number of carbonyl (C=O) groups is 3. The van der Waals surface area contributed by atoms with Crippen LogP contribution in [0.1, 0.15) is 22.3 Å². The molecule has 1 aliphatic rings. The van der Waals surface area contributed by atoms with Gasteiger partial charge in [0.15, 0.2) is 0 Å². The Labute approximate surface area is 152 Å². The minimum absolute atomic E-state index is 0.0286. The molecule has 5 heteroatoms. The lowest BCUT2D eigenvalue weighted by molar-refractivity contribution is -0.122. The van der Waals surface area contributed by atoms with Gasteiger partial charge in [-0.25, -0.2) is 4.90 Å². The lowest BCUT2D eigenvalue weighted by Gasteiger charge is -2.27. The fourth-order valence-electron chi connectivity index (χ4n) is 3.17. The van der Waals surface area contributed by atoms with E-state index in [1.165, 1.54) is 4.90 Å². The molecule has 2 aromatic rings. The predicted molar refractivity (Wildman–Crippen MR) is 99.8 cm³/mol. The number of hydrogen-bond donors (Lipinski definition) is 0. The van der Waals surface area contributed by atoms with Crippen molar-refractivity contribution >= 4 is 23.4 Å². The summed E-state index contributed by atoms with van der Waals surface area (Å²) in [5.41, 5.74) is 1.86. The molecule has 1 heterocycles. The first-order valence-electron chi connectivity index (χ1n) is 8.44. The highest BCUT2D eigenvalue weighted by Gasteiger charge is 2.44. The predicted octanol–water partition coefficient (Wildman–Crippen LogP) is 2.96. The van der Waals surface area contributed by atoms with Crippen LogP contribution in [0.2, 0.25) is 0 Å². The van der Waals surface area contributed by atoms with Gasteiger partial charge < -0.3 is 4.90 Å². The average Bonchev–Trinajstić information content (AvgIpc) is 2.94. The molecule has 0 aliphatic carbocycles.